The second-order valence-corrected chi connectivity index (χ2v) is 3.34. The number of hydrogen-bond donors (Lipinski definition) is 0. The first-order valence-corrected chi connectivity index (χ1v) is 4.48. The Bertz CT molecular complexity index is 189. The van der Waals surface area contributed by atoms with Crippen molar-refractivity contribution in [3.8, 4) is 0 Å². The van der Waals surface area contributed by atoms with Crippen LogP contribution in [-0.2, 0) is 4.79 Å². The molecule has 1 aliphatic heterocycles. The van der Waals surface area contributed by atoms with Crippen molar-refractivity contribution >= 4 is 12.9 Å². The fourth-order valence-corrected chi connectivity index (χ4v) is 1.41. The van der Waals surface area contributed by atoms with E-state index in [0.29, 0.717) is 13.1 Å². The topological polar surface area (TPSA) is 20.3 Å². The predicted octanol–water partition coefficient (Wildman–Crippen LogP) is 1.85. The van der Waals surface area contributed by atoms with E-state index in [9.17, 15) is 17.7 Å². The van der Waals surface area contributed by atoms with Crippen molar-refractivity contribution in [2.75, 3.05) is 13.1 Å². The highest BCUT2D eigenvalue weighted by molar-refractivity contribution is 6.58. The quantitative estimate of drug-likeness (QED) is 0.627. The molecule has 13 heavy (non-hydrogen) atoms. The summed E-state index contributed by atoms with van der Waals surface area (Å²) in [5.41, 5.74) is 0. The maximum atomic E-state index is 11.8. The molecule has 1 aliphatic rings. The van der Waals surface area contributed by atoms with Crippen LogP contribution in [0.2, 0.25) is 6.32 Å². The number of halogens is 3. The molecule has 0 atom stereocenters. The number of carbonyl (C=O) groups is 1. The molecule has 0 bridgehead atoms. The maximum absolute atomic E-state index is 11.8. The van der Waals surface area contributed by atoms with Gasteiger partial charge in [-0.25, -0.2) is 0 Å². The molecule has 0 aromatic heterocycles. The lowest BCUT2D eigenvalue weighted by Gasteiger charge is -2.18. The van der Waals surface area contributed by atoms with Gasteiger partial charge in [-0.1, -0.05) is 6.32 Å². The monoisotopic (exact) mass is 194 g/mol. The number of hydrogen-bond acceptors (Lipinski definition) is 1. The van der Waals surface area contributed by atoms with Crippen molar-refractivity contribution in [2.24, 2.45) is 0 Å². The Morgan fingerprint density at radius 1 is 1.23 bits per heavy atom. The van der Waals surface area contributed by atoms with Crippen LogP contribution < -0.4 is 0 Å². The van der Waals surface area contributed by atoms with Gasteiger partial charge < -0.3 is 17.8 Å². The lowest BCUT2D eigenvalue weighted by molar-refractivity contribution is -0.129. The van der Waals surface area contributed by atoms with Crippen LogP contribution in [0.5, 0.6) is 0 Å². The Hall–Kier alpha value is -0.675. The minimum Gasteiger partial charge on any atom is -0.449 e. The van der Waals surface area contributed by atoms with Gasteiger partial charge >= 0.3 is 6.98 Å². The third kappa shape index (κ3) is 3.70. The van der Waals surface area contributed by atoms with Gasteiger partial charge in [-0.05, 0) is 12.8 Å². The Labute approximate surface area is 75.1 Å². The summed E-state index contributed by atoms with van der Waals surface area (Å²) in [6, 6.07) is 0. The highest BCUT2D eigenvalue weighted by atomic mass is 19.4. The van der Waals surface area contributed by atoms with Gasteiger partial charge in [0.2, 0.25) is 5.91 Å². The molecule has 0 aliphatic carbocycles. The molecule has 1 heterocycles. The van der Waals surface area contributed by atoms with Crippen molar-refractivity contribution in [1.29, 1.82) is 0 Å². The molecule has 0 N–H and O–H groups in total. The van der Waals surface area contributed by atoms with E-state index in [4.69, 9.17) is 0 Å². The summed E-state index contributed by atoms with van der Waals surface area (Å²) in [4.78, 5) is 12.6. The molecule has 1 saturated heterocycles. The lowest BCUT2D eigenvalue weighted by atomic mass is 9.84. The smallest absolute Gasteiger partial charge is 0.449 e. The zero-order chi connectivity index (χ0) is 9.90. The zero-order valence-electron chi connectivity index (χ0n) is 7.31. The maximum Gasteiger partial charge on any atom is 0.478 e. The molecule has 0 aromatic carbocycles. The third-order valence-corrected chi connectivity index (χ3v) is 2.14. The van der Waals surface area contributed by atoms with E-state index >= 15 is 0 Å². The zero-order valence-corrected chi connectivity index (χ0v) is 7.31. The molecule has 1 fully saturated rings. The van der Waals surface area contributed by atoms with E-state index in [-0.39, 0.29) is 12.3 Å². The van der Waals surface area contributed by atoms with Gasteiger partial charge in [0.15, 0.2) is 0 Å². The van der Waals surface area contributed by atoms with Gasteiger partial charge in [0, 0.05) is 19.5 Å². The van der Waals surface area contributed by atoms with Crippen LogP contribution >= 0.6 is 0 Å². The molecule has 0 aromatic rings. The first kappa shape index (κ1) is 10.4. The van der Waals surface area contributed by atoms with Crippen LogP contribution in [0.3, 0.4) is 0 Å². The normalized spacial score (nSPS) is 17.9. The number of nitrogens with zero attached hydrogens (tertiary/aromatic N) is 1. The molecule has 0 radical (unpaired) electrons. The minimum absolute atomic E-state index is 0.350. The van der Waals surface area contributed by atoms with E-state index < -0.39 is 13.3 Å². The number of carbonyl (C=O) groups excluding carboxylic acids is 1. The fraction of sp³-hybridized carbons (Fsp3) is 0.857. The average Bonchev–Trinajstić information content (AvgIpc) is 2.50. The van der Waals surface area contributed by atoms with Crippen molar-refractivity contribution in [3.63, 3.8) is 0 Å². The number of amides is 1. The molecular weight excluding hydrogens is 182 g/mol. The molecule has 6 heteroatoms. The highest BCUT2D eigenvalue weighted by Crippen LogP contribution is 2.18. The van der Waals surface area contributed by atoms with Crippen molar-refractivity contribution in [3.05, 3.63) is 0 Å². The molecule has 0 unspecified atom stereocenters. The summed E-state index contributed by atoms with van der Waals surface area (Å²) in [5, 5.41) is 0. The second-order valence-electron chi connectivity index (χ2n) is 3.34. The Morgan fingerprint density at radius 3 is 2.23 bits per heavy atom. The number of likely N-dealkylation sites (tertiary alicyclic amines) is 1. The minimum atomic E-state index is -4.80. The highest BCUT2D eigenvalue weighted by Gasteiger charge is 2.25. The van der Waals surface area contributed by atoms with Crippen LogP contribution in [-0.4, -0.2) is 30.9 Å². The Balaban J connectivity index is 2.25. The first-order chi connectivity index (χ1) is 5.99. The van der Waals surface area contributed by atoms with Gasteiger partial charge in [0.1, 0.15) is 0 Å². The second kappa shape index (κ2) is 4.02. The largest absolute Gasteiger partial charge is 0.478 e. The van der Waals surface area contributed by atoms with Crippen molar-refractivity contribution in [2.45, 2.75) is 25.6 Å². The van der Waals surface area contributed by atoms with E-state index in [1.165, 1.54) is 4.90 Å². The summed E-state index contributed by atoms with van der Waals surface area (Å²) in [6.45, 7) is -3.54. The molecule has 1 amide bonds. The Kier molecular flexibility index (Phi) is 3.22. The third-order valence-electron chi connectivity index (χ3n) is 2.14. The van der Waals surface area contributed by atoms with E-state index in [1.807, 2.05) is 0 Å². The molecule has 2 nitrogen and oxygen atoms in total. The molecular formula is C7H12BF3NO-. The van der Waals surface area contributed by atoms with Crippen molar-refractivity contribution in [1.82, 2.24) is 4.90 Å². The Morgan fingerprint density at radius 2 is 1.77 bits per heavy atom. The standard InChI is InChI=1S/C7H12BF3NO/c9-8(10,11)4-3-7(13)12-5-1-2-6-12/h1-6H2/q-1. The lowest BCUT2D eigenvalue weighted by Crippen LogP contribution is -2.29. The average molecular weight is 194 g/mol. The van der Waals surface area contributed by atoms with Gasteiger partial charge in [0.25, 0.3) is 0 Å². The van der Waals surface area contributed by atoms with Crippen LogP contribution in [0.4, 0.5) is 12.9 Å². The van der Waals surface area contributed by atoms with Gasteiger partial charge in [-0.2, -0.15) is 0 Å². The van der Waals surface area contributed by atoms with Gasteiger partial charge in [-0.15, -0.1) is 0 Å². The van der Waals surface area contributed by atoms with E-state index in [1.54, 1.807) is 0 Å². The first-order valence-electron chi connectivity index (χ1n) is 4.48. The predicted molar refractivity (Wildman–Crippen MR) is 44.3 cm³/mol. The van der Waals surface area contributed by atoms with Crippen molar-refractivity contribution < 1.29 is 17.7 Å². The summed E-state index contributed by atoms with van der Waals surface area (Å²) < 4.78 is 35.4. The molecule has 0 saturated carbocycles. The molecule has 1 rings (SSSR count). The van der Waals surface area contributed by atoms with E-state index in [2.05, 4.69) is 0 Å². The van der Waals surface area contributed by atoms with Crippen LogP contribution in [0.15, 0.2) is 0 Å². The summed E-state index contributed by atoms with van der Waals surface area (Å²) in [6.07, 6.45) is 0.532. The van der Waals surface area contributed by atoms with E-state index in [0.717, 1.165) is 12.8 Å². The van der Waals surface area contributed by atoms with Crippen LogP contribution in [0.1, 0.15) is 19.3 Å². The number of rotatable bonds is 3. The van der Waals surface area contributed by atoms with Gasteiger partial charge in [0.05, 0.1) is 0 Å². The summed E-state index contributed by atoms with van der Waals surface area (Å²) in [7, 11) is 0. The summed E-state index contributed by atoms with van der Waals surface area (Å²) in [5.74, 6) is -0.350. The molecule has 76 valence electrons. The van der Waals surface area contributed by atoms with Crippen LogP contribution in [0, 0.1) is 0 Å². The van der Waals surface area contributed by atoms with Crippen LogP contribution in [0.25, 0.3) is 0 Å². The molecule has 0 spiro atoms. The SMILES string of the molecule is O=C(CC[B-](F)(F)F)N1CCCC1. The fourth-order valence-electron chi connectivity index (χ4n) is 1.41. The summed E-state index contributed by atoms with van der Waals surface area (Å²) >= 11 is 0. The van der Waals surface area contributed by atoms with Gasteiger partial charge in [-0.3, -0.25) is 4.79 Å².